The Morgan fingerprint density at radius 2 is 2.15 bits per heavy atom. The van der Waals surface area contributed by atoms with Gasteiger partial charge in [-0.2, -0.15) is 5.26 Å². The van der Waals surface area contributed by atoms with E-state index in [9.17, 15) is 4.79 Å². The molecule has 0 radical (unpaired) electrons. The molecule has 1 aromatic carbocycles. The first-order valence-corrected chi connectivity index (χ1v) is 6.97. The molecule has 3 unspecified atom stereocenters. The quantitative estimate of drug-likeness (QED) is 0.815. The lowest BCUT2D eigenvalue weighted by Crippen LogP contribution is -2.40. The van der Waals surface area contributed by atoms with E-state index in [0.29, 0.717) is 17.4 Å². The molecule has 20 heavy (non-hydrogen) atoms. The van der Waals surface area contributed by atoms with Gasteiger partial charge in [0.15, 0.2) is 0 Å². The van der Waals surface area contributed by atoms with Gasteiger partial charge >= 0.3 is 6.03 Å². The van der Waals surface area contributed by atoms with Crippen LogP contribution >= 0.6 is 0 Å². The molecule has 2 heterocycles. The lowest BCUT2D eigenvalue weighted by Gasteiger charge is -2.24. The third kappa shape index (κ3) is 2.23. The van der Waals surface area contributed by atoms with Gasteiger partial charge in [0.1, 0.15) is 0 Å². The van der Waals surface area contributed by atoms with Crippen LogP contribution in [0, 0.1) is 23.2 Å². The SMILES string of the molecule is CC1C2CNCC2CN1C(=O)Nc1ccc(C#N)cc1. The molecule has 0 spiro atoms. The number of amides is 2. The first-order chi connectivity index (χ1) is 9.69. The molecule has 1 aromatic rings. The van der Waals surface area contributed by atoms with Gasteiger partial charge in [-0.25, -0.2) is 4.79 Å². The number of nitrogens with zero attached hydrogens (tertiary/aromatic N) is 2. The number of nitriles is 1. The number of urea groups is 1. The Morgan fingerprint density at radius 1 is 1.40 bits per heavy atom. The van der Waals surface area contributed by atoms with Gasteiger partial charge in [-0.3, -0.25) is 0 Å². The monoisotopic (exact) mass is 270 g/mol. The van der Waals surface area contributed by atoms with E-state index >= 15 is 0 Å². The Balaban J connectivity index is 1.66. The summed E-state index contributed by atoms with van der Waals surface area (Å²) in [7, 11) is 0. The number of benzene rings is 1. The summed E-state index contributed by atoms with van der Waals surface area (Å²) in [6.45, 7) is 4.96. The van der Waals surface area contributed by atoms with E-state index in [4.69, 9.17) is 5.26 Å². The molecule has 0 aromatic heterocycles. The van der Waals surface area contributed by atoms with E-state index in [1.54, 1.807) is 24.3 Å². The van der Waals surface area contributed by atoms with Gasteiger partial charge < -0.3 is 15.5 Å². The van der Waals surface area contributed by atoms with Crippen LogP contribution in [-0.2, 0) is 0 Å². The summed E-state index contributed by atoms with van der Waals surface area (Å²) in [6, 6.07) is 9.24. The second-order valence-corrected chi connectivity index (χ2v) is 5.59. The highest BCUT2D eigenvalue weighted by molar-refractivity contribution is 5.89. The van der Waals surface area contributed by atoms with E-state index in [1.165, 1.54) is 0 Å². The summed E-state index contributed by atoms with van der Waals surface area (Å²) in [4.78, 5) is 14.3. The second kappa shape index (κ2) is 5.14. The molecule has 0 bridgehead atoms. The highest BCUT2D eigenvalue weighted by atomic mass is 16.2. The number of carbonyl (C=O) groups excluding carboxylic acids is 1. The van der Waals surface area contributed by atoms with Gasteiger partial charge in [0.05, 0.1) is 11.6 Å². The van der Waals surface area contributed by atoms with Crippen LogP contribution in [0.1, 0.15) is 12.5 Å². The molecule has 2 N–H and O–H groups in total. The predicted octanol–water partition coefficient (Wildman–Crippen LogP) is 1.63. The van der Waals surface area contributed by atoms with Gasteiger partial charge in [-0.15, -0.1) is 0 Å². The van der Waals surface area contributed by atoms with Crippen molar-refractivity contribution in [3.05, 3.63) is 29.8 Å². The molecule has 2 fully saturated rings. The molecule has 2 aliphatic rings. The zero-order valence-corrected chi connectivity index (χ0v) is 11.5. The third-order valence-corrected chi connectivity index (χ3v) is 4.46. The van der Waals surface area contributed by atoms with Crippen molar-refractivity contribution in [3.8, 4) is 6.07 Å². The highest BCUT2D eigenvalue weighted by Gasteiger charge is 2.43. The normalized spacial score (nSPS) is 28.0. The van der Waals surface area contributed by atoms with Crippen molar-refractivity contribution >= 4 is 11.7 Å². The Hall–Kier alpha value is -2.06. The van der Waals surface area contributed by atoms with E-state index < -0.39 is 0 Å². The number of rotatable bonds is 1. The second-order valence-electron chi connectivity index (χ2n) is 5.59. The summed E-state index contributed by atoms with van der Waals surface area (Å²) >= 11 is 0. The van der Waals surface area contributed by atoms with Crippen molar-refractivity contribution in [3.63, 3.8) is 0 Å². The molecule has 0 saturated carbocycles. The number of likely N-dealkylation sites (tertiary alicyclic amines) is 1. The number of hydrogen-bond acceptors (Lipinski definition) is 3. The van der Waals surface area contributed by atoms with Gasteiger partial charge in [0.2, 0.25) is 0 Å². The zero-order valence-electron chi connectivity index (χ0n) is 11.5. The maximum atomic E-state index is 12.3. The van der Waals surface area contributed by atoms with E-state index in [0.717, 1.165) is 25.3 Å². The van der Waals surface area contributed by atoms with Crippen LogP contribution in [0.3, 0.4) is 0 Å². The van der Waals surface area contributed by atoms with Crippen molar-refractivity contribution in [1.29, 1.82) is 5.26 Å². The van der Waals surface area contributed by atoms with Gasteiger partial charge in [0, 0.05) is 31.4 Å². The molecule has 5 nitrogen and oxygen atoms in total. The molecule has 2 amide bonds. The highest BCUT2D eigenvalue weighted by Crippen LogP contribution is 2.32. The molecule has 2 aliphatic heterocycles. The summed E-state index contributed by atoms with van der Waals surface area (Å²) in [5.74, 6) is 1.15. The van der Waals surface area contributed by atoms with Crippen LogP contribution < -0.4 is 10.6 Å². The van der Waals surface area contributed by atoms with Gasteiger partial charge in [0.25, 0.3) is 0 Å². The lowest BCUT2D eigenvalue weighted by molar-refractivity contribution is 0.203. The zero-order chi connectivity index (χ0) is 14.1. The smallest absolute Gasteiger partial charge is 0.321 e. The number of carbonyl (C=O) groups is 1. The van der Waals surface area contributed by atoms with Gasteiger partial charge in [-0.05, 0) is 43.0 Å². The summed E-state index contributed by atoms with van der Waals surface area (Å²) in [6.07, 6.45) is 0. The number of anilines is 1. The van der Waals surface area contributed by atoms with Crippen LogP contribution in [-0.4, -0.2) is 36.6 Å². The third-order valence-electron chi connectivity index (χ3n) is 4.46. The van der Waals surface area contributed by atoms with Crippen LogP contribution in [0.5, 0.6) is 0 Å². The Labute approximate surface area is 118 Å². The van der Waals surface area contributed by atoms with Crippen molar-refractivity contribution in [2.24, 2.45) is 11.8 Å². The molecule has 5 heteroatoms. The Kier molecular flexibility index (Phi) is 3.33. The minimum atomic E-state index is -0.0448. The minimum absolute atomic E-state index is 0.0448. The van der Waals surface area contributed by atoms with Crippen molar-refractivity contribution in [2.45, 2.75) is 13.0 Å². The molecule has 2 saturated heterocycles. The summed E-state index contributed by atoms with van der Waals surface area (Å²) in [5, 5.41) is 15.1. The maximum absolute atomic E-state index is 12.3. The molecule has 3 atom stereocenters. The van der Waals surface area contributed by atoms with E-state index in [1.807, 2.05) is 4.90 Å². The van der Waals surface area contributed by atoms with Crippen LogP contribution in [0.2, 0.25) is 0 Å². The lowest BCUT2D eigenvalue weighted by atomic mass is 9.95. The molecular weight excluding hydrogens is 252 g/mol. The first kappa shape index (κ1) is 12.9. The fraction of sp³-hybridized carbons (Fsp3) is 0.467. The summed E-state index contributed by atoms with van der Waals surface area (Å²) in [5.41, 5.74) is 1.33. The fourth-order valence-electron chi connectivity index (χ4n) is 3.26. The average molecular weight is 270 g/mol. The Bertz CT molecular complexity index is 548. The summed E-state index contributed by atoms with van der Waals surface area (Å²) < 4.78 is 0. The van der Waals surface area contributed by atoms with Gasteiger partial charge in [-0.1, -0.05) is 0 Å². The van der Waals surface area contributed by atoms with Crippen molar-refractivity contribution in [1.82, 2.24) is 10.2 Å². The fourth-order valence-corrected chi connectivity index (χ4v) is 3.26. The van der Waals surface area contributed by atoms with E-state index in [-0.39, 0.29) is 12.1 Å². The van der Waals surface area contributed by atoms with E-state index in [2.05, 4.69) is 23.6 Å². The molecular formula is C15H18N4O. The van der Waals surface area contributed by atoms with Crippen molar-refractivity contribution in [2.75, 3.05) is 25.0 Å². The molecule has 104 valence electrons. The first-order valence-electron chi connectivity index (χ1n) is 6.97. The van der Waals surface area contributed by atoms with Crippen molar-refractivity contribution < 1.29 is 4.79 Å². The molecule has 3 rings (SSSR count). The Morgan fingerprint density at radius 3 is 2.80 bits per heavy atom. The molecule has 0 aliphatic carbocycles. The number of nitrogens with one attached hydrogen (secondary N) is 2. The van der Waals surface area contributed by atoms with Crippen LogP contribution in [0.25, 0.3) is 0 Å². The largest absolute Gasteiger partial charge is 0.322 e. The predicted molar refractivity (Wildman–Crippen MR) is 76.2 cm³/mol. The minimum Gasteiger partial charge on any atom is -0.321 e. The maximum Gasteiger partial charge on any atom is 0.322 e. The number of hydrogen-bond donors (Lipinski definition) is 2. The van der Waals surface area contributed by atoms with Crippen LogP contribution in [0.4, 0.5) is 10.5 Å². The topological polar surface area (TPSA) is 68.2 Å². The number of fused-ring (bicyclic) bond motifs is 1. The standard InChI is InChI=1S/C15H18N4O/c1-10-14-8-17-7-12(14)9-19(10)15(20)18-13-4-2-11(6-16)3-5-13/h2-5,10,12,14,17H,7-9H2,1H3,(H,18,20). The average Bonchev–Trinajstić information content (AvgIpc) is 3.03. The van der Waals surface area contributed by atoms with Crippen LogP contribution in [0.15, 0.2) is 24.3 Å².